The molecule has 0 radical (unpaired) electrons. The van der Waals surface area contributed by atoms with Crippen molar-refractivity contribution in [2.75, 3.05) is 0 Å². The molecular formula is C8H15NS. The van der Waals surface area contributed by atoms with Crippen molar-refractivity contribution < 1.29 is 0 Å². The molecule has 0 saturated carbocycles. The Morgan fingerprint density at radius 2 is 2.00 bits per heavy atom. The van der Waals surface area contributed by atoms with Gasteiger partial charge in [0, 0.05) is 11.1 Å². The van der Waals surface area contributed by atoms with Crippen LogP contribution in [0.3, 0.4) is 0 Å². The van der Waals surface area contributed by atoms with Gasteiger partial charge in [0.15, 0.2) is 0 Å². The van der Waals surface area contributed by atoms with Gasteiger partial charge in [-0.15, -0.1) is 11.3 Å². The molecule has 1 aromatic rings. The van der Waals surface area contributed by atoms with E-state index in [4.69, 9.17) is 0 Å². The highest BCUT2D eigenvalue weighted by Crippen LogP contribution is 2.16. The third-order valence-electron chi connectivity index (χ3n) is 1.02. The van der Waals surface area contributed by atoms with Gasteiger partial charge >= 0.3 is 0 Å². The summed E-state index contributed by atoms with van der Waals surface area (Å²) < 4.78 is 0. The van der Waals surface area contributed by atoms with Gasteiger partial charge in [0.05, 0.1) is 5.51 Å². The molecule has 1 nitrogen and oxygen atoms in total. The Balaban J connectivity index is 0.000000371. The molecule has 10 heavy (non-hydrogen) atoms. The number of nitrogens with zero attached hydrogens (tertiary/aromatic N) is 1. The fourth-order valence-electron chi connectivity index (χ4n) is 0.511. The highest BCUT2D eigenvalue weighted by Gasteiger charge is 1.96. The van der Waals surface area contributed by atoms with Crippen molar-refractivity contribution in [1.29, 1.82) is 0 Å². The summed E-state index contributed by atoms with van der Waals surface area (Å²) in [5, 5.41) is 0. The summed E-state index contributed by atoms with van der Waals surface area (Å²) in [6.45, 7) is 8.35. The largest absolute Gasteiger partial charge is 0.253 e. The van der Waals surface area contributed by atoms with E-state index in [2.05, 4.69) is 18.8 Å². The van der Waals surface area contributed by atoms with E-state index >= 15 is 0 Å². The van der Waals surface area contributed by atoms with Gasteiger partial charge in [-0.05, 0) is 5.92 Å². The molecule has 0 aliphatic heterocycles. The Labute approximate surface area is 67.1 Å². The van der Waals surface area contributed by atoms with Gasteiger partial charge in [0.25, 0.3) is 0 Å². The summed E-state index contributed by atoms with van der Waals surface area (Å²) in [6, 6.07) is 0. The van der Waals surface area contributed by atoms with E-state index in [9.17, 15) is 0 Å². The van der Waals surface area contributed by atoms with E-state index < -0.39 is 0 Å². The van der Waals surface area contributed by atoms with Crippen molar-refractivity contribution in [3.8, 4) is 0 Å². The average molecular weight is 157 g/mol. The van der Waals surface area contributed by atoms with Gasteiger partial charge in [-0.3, -0.25) is 4.98 Å². The quantitative estimate of drug-likeness (QED) is 0.609. The third kappa shape index (κ3) is 2.97. The Morgan fingerprint density at radius 1 is 1.40 bits per heavy atom. The maximum Gasteiger partial charge on any atom is 0.0794 e. The number of hydrogen-bond acceptors (Lipinski definition) is 2. The average Bonchev–Trinajstić information content (AvgIpc) is 2.42. The fraction of sp³-hybridized carbons (Fsp3) is 0.625. The highest BCUT2D eigenvalue weighted by atomic mass is 32.1. The molecule has 0 N–H and O–H groups in total. The van der Waals surface area contributed by atoms with Crippen molar-refractivity contribution in [1.82, 2.24) is 4.98 Å². The maximum atomic E-state index is 3.96. The van der Waals surface area contributed by atoms with E-state index in [1.54, 1.807) is 11.3 Å². The van der Waals surface area contributed by atoms with Crippen molar-refractivity contribution in [2.24, 2.45) is 0 Å². The summed E-state index contributed by atoms with van der Waals surface area (Å²) in [5.41, 5.74) is 1.87. The lowest BCUT2D eigenvalue weighted by Crippen LogP contribution is -1.77. The first kappa shape index (κ1) is 9.63. The summed E-state index contributed by atoms with van der Waals surface area (Å²) in [7, 11) is 0. The van der Waals surface area contributed by atoms with Crippen LogP contribution in [0.15, 0.2) is 11.7 Å². The Morgan fingerprint density at radius 3 is 2.20 bits per heavy atom. The molecule has 0 bridgehead atoms. The second-order valence-corrected chi connectivity index (χ2v) is 2.98. The summed E-state index contributed by atoms with van der Waals surface area (Å²) >= 11 is 1.72. The van der Waals surface area contributed by atoms with E-state index in [1.807, 2.05) is 25.6 Å². The second-order valence-electron chi connectivity index (χ2n) is 2.06. The zero-order chi connectivity index (χ0) is 7.98. The van der Waals surface area contributed by atoms with Gasteiger partial charge in [-0.25, -0.2) is 0 Å². The molecule has 58 valence electrons. The van der Waals surface area contributed by atoms with Crippen LogP contribution in [-0.4, -0.2) is 4.98 Å². The minimum Gasteiger partial charge on any atom is -0.253 e. The molecule has 0 unspecified atom stereocenters. The van der Waals surface area contributed by atoms with Gasteiger partial charge in [-0.1, -0.05) is 27.7 Å². The van der Waals surface area contributed by atoms with Crippen LogP contribution >= 0.6 is 11.3 Å². The van der Waals surface area contributed by atoms with E-state index in [0.717, 1.165) is 0 Å². The lowest BCUT2D eigenvalue weighted by molar-refractivity contribution is 0.885. The minimum atomic E-state index is 0.641. The summed E-state index contributed by atoms with van der Waals surface area (Å²) in [5.74, 6) is 0.641. The normalized spacial score (nSPS) is 8.90. The van der Waals surface area contributed by atoms with Crippen LogP contribution in [0.4, 0.5) is 0 Å². The molecule has 2 heteroatoms. The molecule has 0 atom stereocenters. The van der Waals surface area contributed by atoms with E-state index in [1.165, 1.54) is 4.88 Å². The minimum absolute atomic E-state index is 0.641. The molecule has 1 rings (SSSR count). The third-order valence-corrected chi connectivity index (χ3v) is 2.10. The maximum absolute atomic E-state index is 3.96. The predicted octanol–water partition coefficient (Wildman–Crippen LogP) is 3.29. The molecule has 0 aliphatic carbocycles. The van der Waals surface area contributed by atoms with Gasteiger partial charge in [-0.2, -0.15) is 0 Å². The topological polar surface area (TPSA) is 12.9 Å². The number of rotatable bonds is 1. The molecule has 0 spiro atoms. The van der Waals surface area contributed by atoms with E-state index in [-0.39, 0.29) is 0 Å². The van der Waals surface area contributed by atoms with Crippen molar-refractivity contribution in [3.05, 3.63) is 16.6 Å². The lowest BCUT2D eigenvalue weighted by Gasteiger charge is -1.94. The van der Waals surface area contributed by atoms with Crippen LogP contribution in [0, 0.1) is 0 Å². The molecule has 1 aromatic heterocycles. The Hall–Kier alpha value is -0.370. The lowest BCUT2D eigenvalue weighted by atomic mass is 10.2. The van der Waals surface area contributed by atoms with Crippen LogP contribution in [0.25, 0.3) is 0 Å². The Kier molecular flexibility index (Phi) is 5.22. The predicted molar refractivity (Wildman–Crippen MR) is 47.6 cm³/mol. The number of hydrogen-bond donors (Lipinski definition) is 0. The van der Waals surface area contributed by atoms with Crippen LogP contribution in [0.1, 0.15) is 38.5 Å². The first-order chi connectivity index (χ1) is 4.80. The smallest absolute Gasteiger partial charge is 0.0794 e. The van der Waals surface area contributed by atoms with Crippen LogP contribution < -0.4 is 0 Å². The Bertz CT molecular complexity index is 144. The zero-order valence-corrected chi connectivity index (χ0v) is 7.90. The molecule has 0 fully saturated rings. The summed E-state index contributed by atoms with van der Waals surface area (Å²) in [6.07, 6.45) is 1.93. The van der Waals surface area contributed by atoms with Crippen molar-refractivity contribution in [3.63, 3.8) is 0 Å². The molecule has 0 aliphatic rings. The number of aromatic nitrogens is 1. The summed E-state index contributed by atoms with van der Waals surface area (Å²) in [4.78, 5) is 5.33. The van der Waals surface area contributed by atoms with Crippen molar-refractivity contribution in [2.45, 2.75) is 33.6 Å². The van der Waals surface area contributed by atoms with Gasteiger partial charge < -0.3 is 0 Å². The zero-order valence-electron chi connectivity index (χ0n) is 7.09. The van der Waals surface area contributed by atoms with E-state index in [0.29, 0.717) is 5.92 Å². The van der Waals surface area contributed by atoms with Crippen molar-refractivity contribution >= 4 is 11.3 Å². The molecule has 0 amide bonds. The van der Waals surface area contributed by atoms with Gasteiger partial charge in [0.1, 0.15) is 0 Å². The van der Waals surface area contributed by atoms with Crippen LogP contribution in [0.2, 0.25) is 0 Å². The first-order valence-electron chi connectivity index (χ1n) is 3.69. The molecular weight excluding hydrogens is 142 g/mol. The molecule has 0 saturated heterocycles. The van der Waals surface area contributed by atoms with Gasteiger partial charge in [0.2, 0.25) is 0 Å². The fourth-order valence-corrected chi connectivity index (χ4v) is 1.15. The van der Waals surface area contributed by atoms with Crippen LogP contribution in [0.5, 0.6) is 0 Å². The highest BCUT2D eigenvalue weighted by molar-refractivity contribution is 7.09. The molecule has 1 heterocycles. The van der Waals surface area contributed by atoms with Crippen LogP contribution in [-0.2, 0) is 0 Å². The standard InChI is InChI=1S/C6H9NS.C2H6/c1-5(2)6-3-7-4-8-6;1-2/h3-5H,1-2H3;1-2H3. The SMILES string of the molecule is CC.CC(C)c1cncs1. The second kappa shape index (κ2) is 5.42. The first-order valence-corrected chi connectivity index (χ1v) is 4.57. The monoisotopic (exact) mass is 157 g/mol. The number of thiazole rings is 1. The molecule has 0 aromatic carbocycles.